The molecule has 0 saturated carbocycles. The highest BCUT2D eigenvalue weighted by atomic mass is 16.5. The SMILES string of the molecule is Cc1ccc([C@H]2CNCCO2)o1. The molecular weight excluding hydrogens is 154 g/mol. The van der Waals surface area contributed by atoms with Crippen LogP contribution in [-0.2, 0) is 4.74 Å². The van der Waals surface area contributed by atoms with Crippen LogP contribution in [0.4, 0.5) is 0 Å². The summed E-state index contributed by atoms with van der Waals surface area (Å²) in [4.78, 5) is 0. The molecule has 0 amide bonds. The molecular formula is C9H13NO2. The Kier molecular flexibility index (Phi) is 2.15. The van der Waals surface area contributed by atoms with Crippen molar-refractivity contribution in [3.05, 3.63) is 23.7 Å². The number of morpholine rings is 1. The van der Waals surface area contributed by atoms with E-state index in [1.165, 1.54) is 0 Å². The number of hydrogen-bond acceptors (Lipinski definition) is 3. The van der Waals surface area contributed by atoms with Gasteiger partial charge in [0.1, 0.15) is 17.6 Å². The van der Waals surface area contributed by atoms with Crippen LogP contribution in [-0.4, -0.2) is 19.7 Å². The number of ether oxygens (including phenoxy) is 1. The first-order valence-corrected chi connectivity index (χ1v) is 4.25. The van der Waals surface area contributed by atoms with E-state index in [2.05, 4.69) is 5.32 Å². The molecule has 0 radical (unpaired) electrons. The zero-order valence-electron chi connectivity index (χ0n) is 7.17. The molecule has 1 saturated heterocycles. The van der Waals surface area contributed by atoms with Gasteiger partial charge in [0.05, 0.1) is 6.61 Å². The molecule has 1 aromatic rings. The molecule has 0 spiro atoms. The summed E-state index contributed by atoms with van der Waals surface area (Å²) in [7, 11) is 0. The van der Waals surface area contributed by atoms with Gasteiger partial charge in [-0.1, -0.05) is 0 Å². The summed E-state index contributed by atoms with van der Waals surface area (Å²) < 4.78 is 11.0. The van der Waals surface area contributed by atoms with E-state index in [0.717, 1.165) is 31.2 Å². The van der Waals surface area contributed by atoms with Crippen LogP contribution in [0.2, 0.25) is 0 Å². The van der Waals surface area contributed by atoms with Crippen LogP contribution < -0.4 is 5.32 Å². The zero-order valence-corrected chi connectivity index (χ0v) is 7.17. The van der Waals surface area contributed by atoms with Crippen molar-refractivity contribution >= 4 is 0 Å². The lowest BCUT2D eigenvalue weighted by atomic mass is 10.2. The van der Waals surface area contributed by atoms with Crippen molar-refractivity contribution in [3.8, 4) is 0 Å². The predicted molar refractivity (Wildman–Crippen MR) is 45.0 cm³/mol. The van der Waals surface area contributed by atoms with Crippen LogP contribution in [0.3, 0.4) is 0 Å². The Morgan fingerprint density at radius 3 is 3.00 bits per heavy atom. The Labute approximate surface area is 71.7 Å². The topological polar surface area (TPSA) is 34.4 Å². The molecule has 66 valence electrons. The van der Waals surface area contributed by atoms with Crippen molar-refractivity contribution in [1.29, 1.82) is 0 Å². The summed E-state index contributed by atoms with van der Waals surface area (Å²) >= 11 is 0. The first kappa shape index (κ1) is 7.83. The van der Waals surface area contributed by atoms with Gasteiger partial charge in [0.2, 0.25) is 0 Å². The lowest BCUT2D eigenvalue weighted by molar-refractivity contribution is 0.0138. The van der Waals surface area contributed by atoms with E-state index in [1.807, 2.05) is 19.1 Å². The van der Waals surface area contributed by atoms with Gasteiger partial charge in [-0.3, -0.25) is 0 Å². The van der Waals surface area contributed by atoms with Crippen LogP contribution in [0.1, 0.15) is 17.6 Å². The maximum absolute atomic E-state index is 5.52. The second-order valence-corrected chi connectivity index (χ2v) is 3.01. The van der Waals surface area contributed by atoms with Gasteiger partial charge in [0, 0.05) is 13.1 Å². The number of hydrogen-bond donors (Lipinski definition) is 1. The standard InChI is InChI=1S/C9H13NO2/c1-7-2-3-8(12-7)9-6-10-4-5-11-9/h2-3,9-10H,4-6H2,1H3/t9-/m1/s1. The molecule has 2 heterocycles. The predicted octanol–water partition coefficient (Wildman–Crippen LogP) is 1.25. The van der Waals surface area contributed by atoms with Gasteiger partial charge >= 0.3 is 0 Å². The lowest BCUT2D eigenvalue weighted by Crippen LogP contribution is -2.33. The van der Waals surface area contributed by atoms with E-state index in [-0.39, 0.29) is 6.10 Å². The Morgan fingerprint density at radius 2 is 2.42 bits per heavy atom. The van der Waals surface area contributed by atoms with Crippen molar-refractivity contribution in [2.24, 2.45) is 0 Å². The minimum Gasteiger partial charge on any atom is -0.464 e. The molecule has 1 aliphatic rings. The smallest absolute Gasteiger partial charge is 0.134 e. The average Bonchev–Trinajstić information content (AvgIpc) is 2.54. The van der Waals surface area contributed by atoms with E-state index in [9.17, 15) is 0 Å². The Morgan fingerprint density at radius 1 is 1.50 bits per heavy atom. The minimum absolute atomic E-state index is 0.104. The molecule has 1 atom stereocenters. The quantitative estimate of drug-likeness (QED) is 0.683. The van der Waals surface area contributed by atoms with Crippen LogP contribution in [0.25, 0.3) is 0 Å². The molecule has 0 bridgehead atoms. The van der Waals surface area contributed by atoms with E-state index >= 15 is 0 Å². The maximum Gasteiger partial charge on any atom is 0.134 e. The molecule has 2 rings (SSSR count). The van der Waals surface area contributed by atoms with E-state index in [4.69, 9.17) is 9.15 Å². The third kappa shape index (κ3) is 1.52. The fraction of sp³-hybridized carbons (Fsp3) is 0.556. The lowest BCUT2D eigenvalue weighted by Gasteiger charge is -2.21. The van der Waals surface area contributed by atoms with E-state index in [1.54, 1.807) is 0 Å². The highest BCUT2D eigenvalue weighted by molar-refractivity contribution is 5.09. The molecule has 3 heteroatoms. The largest absolute Gasteiger partial charge is 0.464 e. The van der Waals surface area contributed by atoms with Crippen molar-refractivity contribution in [2.45, 2.75) is 13.0 Å². The molecule has 1 aliphatic heterocycles. The normalized spacial score (nSPS) is 24.2. The van der Waals surface area contributed by atoms with Crippen LogP contribution in [0, 0.1) is 6.92 Å². The number of aryl methyl sites for hydroxylation is 1. The van der Waals surface area contributed by atoms with Gasteiger partial charge in [-0.05, 0) is 19.1 Å². The first-order chi connectivity index (χ1) is 5.86. The molecule has 1 aromatic heterocycles. The summed E-state index contributed by atoms with van der Waals surface area (Å²) in [5.41, 5.74) is 0. The Hall–Kier alpha value is -0.800. The van der Waals surface area contributed by atoms with Gasteiger partial charge < -0.3 is 14.5 Å². The summed E-state index contributed by atoms with van der Waals surface area (Å²) in [5, 5.41) is 3.26. The average molecular weight is 167 g/mol. The van der Waals surface area contributed by atoms with Gasteiger partial charge in [0.15, 0.2) is 0 Å². The molecule has 0 unspecified atom stereocenters. The van der Waals surface area contributed by atoms with E-state index in [0.29, 0.717) is 0 Å². The third-order valence-corrected chi connectivity index (χ3v) is 2.01. The van der Waals surface area contributed by atoms with Crippen molar-refractivity contribution in [3.63, 3.8) is 0 Å². The number of furan rings is 1. The molecule has 0 aliphatic carbocycles. The molecule has 0 aromatic carbocycles. The highest BCUT2D eigenvalue weighted by Crippen LogP contribution is 2.20. The Balaban J connectivity index is 2.08. The van der Waals surface area contributed by atoms with Crippen LogP contribution >= 0.6 is 0 Å². The zero-order chi connectivity index (χ0) is 8.39. The van der Waals surface area contributed by atoms with Gasteiger partial charge in [-0.15, -0.1) is 0 Å². The third-order valence-electron chi connectivity index (χ3n) is 2.01. The van der Waals surface area contributed by atoms with Gasteiger partial charge in [-0.25, -0.2) is 0 Å². The Bertz CT molecular complexity index is 251. The highest BCUT2D eigenvalue weighted by Gasteiger charge is 2.18. The summed E-state index contributed by atoms with van der Waals surface area (Å²) in [5.74, 6) is 1.87. The fourth-order valence-electron chi connectivity index (χ4n) is 1.37. The summed E-state index contributed by atoms with van der Waals surface area (Å²) in [6, 6.07) is 3.94. The molecule has 3 nitrogen and oxygen atoms in total. The maximum atomic E-state index is 5.52. The number of nitrogens with one attached hydrogen (secondary N) is 1. The molecule has 1 N–H and O–H groups in total. The molecule has 1 fully saturated rings. The van der Waals surface area contributed by atoms with E-state index < -0.39 is 0 Å². The number of rotatable bonds is 1. The second kappa shape index (κ2) is 3.29. The van der Waals surface area contributed by atoms with Crippen LogP contribution in [0.15, 0.2) is 16.5 Å². The first-order valence-electron chi connectivity index (χ1n) is 4.25. The monoisotopic (exact) mass is 167 g/mol. The second-order valence-electron chi connectivity index (χ2n) is 3.01. The summed E-state index contributed by atoms with van der Waals surface area (Å²) in [6.45, 7) is 4.51. The fourth-order valence-corrected chi connectivity index (χ4v) is 1.37. The minimum atomic E-state index is 0.104. The van der Waals surface area contributed by atoms with Gasteiger partial charge in [-0.2, -0.15) is 0 Å². The van der Waals surface area contributed by atoms with Crippen molar-refractivity contribution in [1.82, 2.24) is 5.32 Å². The van der Waals surface area contributed by atoms with Crippen LogP contribution in [0.5, 0.6) is 0 Å². The van der Waals surface area contributed by atoms with Gasteiger partial charge in [0.25, 0.3) is 0 Å². The summed E-state index contributed by atoms with van der Waals surface area (Å²) in [6.07, 6.45) is 0.104. The van der Waals surface area contributed by atoms with Crippen molar-refractivity contribution in [2.75, 3.05) is 19.7 Å². The molecule has 12 heavy (non-hydrogen) atoms. The van der Waals surface area contributed by atoms with Crippen molar-refractivity contribution < 1.29 is 9.15 Å².